The third-order valence-electron chi connectivity index (χ3n) is 4.56. The van der Waals surface area contributed by atoms with Gasteiger partial charge in [-0.15, -0.1) is 0 Å². The molecule has 0 bridgehead atoms. The van der Waals surface area contributed by atoms with Gasteiger partial charge in [0.05, 0.1) is 9.79 Å². The van der Waals surface area contributed by atoms with Crippen LogP contribution in [0.15, 0.2) is 34.1 Å². The van der Waals surface area contributed by atoms with Crippen molar-refractivity contribution < 1.29 is 16.8 Å². The lowest BCUT2D eigenvalue weighted by Crippen LogP contribution is -2.43. The standard InChI is InChI=1S/C14H20N2O4S2/c1-21(17,18)13-2-4-14(5-3-13)22(19,20)16-7-6-11-8-15-9-12(11)10-16/h2-5,11-12,15H,6-10H2,1H3. The van der Waals surface area contributed by atoms with Gasteiger partial charge in [0.15, 0.2) is 9.84 Å². The van der Waals surface area contributed by atoms with Crippen molar-refractivity contribution in [2.75, 3.05) is 32.4 Å². The molecule has 2 aliphatic rings. The Hall–Kier alpha value is -0.960. The van der Waals surface area contributed by atoms with Crippen molar-refractivity contribution in [2.24, 2.45) is 11.8 Å². The number of sulfone groups is 1. The fraction of sp³-hybridized carbons (Fsp3) is 0.571. The lowest BCUT2D eigenvalue weighted by atomic mass is 9.90. The van der Waals surface area contributed by atoms with Gasteiger partial charge in [-0.1, -0.05) is 0 Å². The molecule has 2 fully saturated rings. The molecule has 1 N–H and O–H groups in total. The molecule has 0 aliphatic carbocycles. The van der Waals surface area contributed by atoms with Gasteiger partial charge in [-0.05, 0) is 55.6 Å². The van der Waals surface area contributed by atoms with Crippen molar-refractivity contribution >= 4 is 19.9 Å². The molecule has 2 saturated heterocycles. The molecule has 2 heterocycles. The molecule has 8 heteroatoms. The van der Waals surface area contributed by atoms with Gasteiger partial charge in [0, 0.05) is 19.3 Å². The van der Waals surface area contributed by atoms with Crippen molar-refractivity contribution in [3.8, 4) is 0 Å². The molecule has 0 spiro atoms. The molecule has 22 heavy (non-hydrogen) atoms. The third-order valence-corrected chi connectivity index (χ3v) is 7.56. The van der Waals surface area contributed by atoms with E-state index in [-0.39, 0.29) is 9.79 Å². The van der Waals surface area contributed by atoms with Gasteiger partial charge in [0.25, 0.3) is 0 Å². The summed E-state index contributed by atoms with van der Waals surface area (Å²) in [6.45, 7) is 2.90. The molecule has 0 amide bonds. The highest BCUT2D eigenvalue weighted by molar-refractivity contribution is 7.90. The molecule has 0 radical (unpaired) electrons. The molecule has 2 aliphatic heterocycles. The molecular formula is C14H20N2O4S2. The van der Waals surface area contributed by atoms with Gasteiger partial charge in [0.1, 0.15) is 0 Å². The van der Waals surface area contributed by atoms with Crippen LogP contribution in [0, 0.1) is 11.8 Å². The molecule has 1 aromatic carbocycles. The van der Waals surface area contributed by atoms with E-state index in [4.69, 9.17) is 0 Å². The first-order valence-corrected chi connectivity index (χ1v) is 10.6. The fourth-order valence-corrected chi connectivity index (χ4v) is 5.37. The van der Waals surface area contributed by atoms with Crippen LogP contribution in [0.5, 0.6) is 0 Å². The van der Waals surface area contributed by atoms with Gasteiger partial charge in [-0.2, -0.15) is 4.31 Å². The summed E-state index contributed by atoms with van der Waals surface area (Å²) in [7, 11) is -6.87. The van der Waals surface area contributed by atoms with Gasteiger partial charge < -0.3 is 5.32 Å². The summed E-state index contributed by atoms with van der Waals surface area (Å²) >= 11 is 0. The van der Waals surface area contributed by atoms with Crippen LogP contribution in [0.1, 0.15) is 6.42 Å². The van der Waals surface area contributed by atoms with Gasteiger partial charge in [0.2, 0.25) is 10.0 Å². The lowest BCUT2D eigenvalue weighted by Gasteiger charge is -2.33. The number of rotatable bonds is 3. The van der Waals surface area contributed by atoms with Crippen LogP contribution in [0.4, 0.5) is 0 Å². The average Bonchev–Trinajstić information content (AvgIpc) is 2.94. The van der Waals surface area contributed by atoms with Crippen LogP contribution in [0.3, 0.4) is 0 Å². The minimum absolute atomic E-state index is 0.130. The maximum absolute atomic E-state index is 12.7. The summed E-state index contributed by atoms with van der Waals surface area (Å²) in [5, 5.41) is 3.31. The Morgan fingerprint density at radius 2 is 1.59 bits per heavy atom. The minimum Gasteiger partial charge on any atom is -0.316 e. The van der Waals surface area contributed by atoms with E-state index in [2.05, 4.69) is 5.32 Å². The first kappa shape index (κ1) is 15.9. The smallest absolute Gasteiger partial charge is 0.243 e. The number of fused-ring (bicyclic) bond motifs is 1. The molecule has 2 unspecified atom stereocenters. The van der Waals surface area contributed by atoms with Crippen LogP contribution in [-0.2, 0) is 19.9 Å². The maximum atomic E-state index is 12.7. The summed E-state index contributed by atoms with van der Waals surface area (Å²) in [6, 6.07) is 5.47. The monoisotopic (exact) mass is 344 g/mol. The molecule has 1 aromatic rings. The molecule has 2 atom stereocenters. The summed E-state index contributed by atoms with van der Waals surface area (Å²) in [6.07, 6.45) is 1.98. The van der Waals surface area contributed by atoms with E-state index in [1.165, 1.54) is 28.6 Å². The van der Waals surface area contributed by atoms with Crippen molar-refractivity contribution in [1.82, 2.24) is 9.62 Å². The highest BCUT2D eigenvalue weighted by Crippen LogP contribution is 2.30. The van der Waals surface area contributed by atoms with Gasteiger partial charge in [-0.25, -0.2) is 16.8 Å². The van der Waals surface area contributed by atoms with E-state index >= 15 is 0 Å². The predicted octanol–water partition coefficient (Wildman–Crippen LogP) is 0.320. The summed E-state index contributed by atoms with van der Waals surface area (Å²) < 4.78 is 49.8. The van der Waals surface area contributed by atoms with Crippen LogP contribution < -0.4 is 5.32 Å². The first-order valence-electron chi connectivity index (χ1n) is 7.29. The zero-order valence-electron chi connectivity index (χ0n) is 12.4. The Labute approximate surface area is 131 Å². The molecule has 122 valence electrons. The van der Waals surface area contributed by atoms with Crippen LogP contribution in [0.25, 0.3) is 0 Å². The second-order valence-corrected chi connectivity index (χ2v) is 10.0. The second-order valence-electron chi connectivity index (χ2n) is 6.07. The van der Waals surface area contributed by atoms with E-state index in [9.17, 15) is 16.8 Å². The maximum Gasteiger partial charge on any atom is 0.243 e. The lowest BCUT2D eigenvalue weighted by molar-refractivity contribution is 0.228. The van der Waals surface area contributed by atoms with Gasteiger partial charge >= 0.3 is 0 Å². The van der Waals surface area contributed by atoms with Crippen LogP contribution in [-0.4, -0.2) is 53.6 Å². The largest absolute Gasteiger partial charge is 0.316 e. The van der Waals surface area contributed by atoms with Crippen molar-refractivity contribution in [3.63, 3.8) is 0 Å². The SMILES string of the molecule is CS(=O)(=O)c1ccc(S(=O)(=O)N2CCC3CNCC3C2)cc1. The Morgan fingerprint density at radius 1 is 1.00 bits per heavy atom. The van der Waals surface area contributed by atoms with Gasteiger partial charge in [-0.3, -0.25) is 0 Å². The van der Waals surface area contributed by atoms with Crippen molar-refractivity contribution in [2.45, 2.75) is 16.2 Å². The number of hydrogen-bond donors (Lipinski definition) is 1. The molecular weight excluding hydrogens is 324 g/mol. The normalized spacial score (nSPS) is 26.8. The molecule has 3 rings (SSSR count). The Balaban J connectivity index is 1.83. The Bertz CT molecular complexity index is 757. The Morgan fingerprint density at radius 3 is 2.23 bits per heavy atom. The average molecular weight is 344 g/mol. The fourth-order valence-electron chi connectivity index (χ4n) is 3.23. The number of hydrogen-bond acceptors (Lipinski definition) is 5. The quantitative estimate of drug-likeness (QED) is 0.854. The number of piperidine rings is 1. The number of sulfonamides is 1. The van der Waals surface area contributed by atoms with Crippen LogP contribution >= 0.6 is 0 Å². The summed E-state index contributed by atoms with van der Waals surface area (Å²) in [4.78, 5) is 0.287. The highest BCUT2D eigenvalue weighted by Gasteiger charge is 2.37. The third kappa shape index (κ3) is 2.92. The highest BCUT2D eigenvalue weighted by atomic mass is 32.2. The zero-order valence-corrected chi connectivity index (χ0v) is 14.0. The summed E-state index contributed by atoms with van der Waals surface area (Å²) in [5.41, 5.74) is 0. The number of nitrogens with zero attached hydrogens (tertiary/aromatic N) is 1. The van der Waals surface area contributed by atoms with E-state index in [0.29, 0.717) is 24.9 Å². The zero-order chi connectivity index (χ0) is 16.0. The summed E-state index contributed by atoms with van der Waals surface area (Å²) in [5.74, 6) is 0.942. The number of nitrogens with one attached hydrogen (secondary N) is 1. The van der Waals surface area contributed by atoms with Crippen molar-refractivity contribution in [3.05, 3.63) is 24.3 Å². The Kier molecular flexibility index (Phi) is 4.05. The number of benzene rings is 1. The van der Waals surface area contributed by atoms with Crippen molar-refractivity contribution in [1.29, 1.82) is 0 Å². The molecule has 0 saturated carbocycles. The van der Waals surface area contributed by atoms with E-state index in [1.54, 1.807) is 0 Å². The van der Waals surface area contributed by atoms with E-state index in [1.807, 2.05) is 0 Å². The van der Waals surface area contributed by atoms with E-state index in [0.717, 1.165) is 25.8 Å². The molecule has 0 aromatic heterocycles. The second kappa shape index (κ2) is 5.59. The minimum atomic E-state index is -3.55. The van der Waals surface area contributed by atoms with E-state index < -0.39 is 19.9 Å². The molecule has 6 nitrogen and oxygen atoms in total. The first-order chi connectivity index (χ1) is 10.3. The predicted molar refractivity (Wildman–Crippen MR) is 82.8 cm³/mol. The topological polar surface area (TPSA) is 83.5 Å². The van der Waals surface area contributed by atoms with Crippen LogP contribution in [0.2, 0.25) is 0 Å².